The van der Waals surface area contributed by atoms with Gasteiger partial charge in [0.05, 0.1) is 0 Å². The molecule has 0 aromatic heterocycles. The quantitative estimate of drug-likeness (QED) is 0.567. The monoisotopic (exact) mass is 154 g/mol. The summed E-state index contributed by atoms with van der Waals surface area (Å²) < 4.78 is 0. The first-order chi connectivity index (χ1) is 4.96. The van der Waals surface area contributed by atoms with Crippen LogP contribution in [0, 0.1) is 16.7 Å². The van der Waals surface area contributed by atoms with Gasteiger partial charge in [0, 0.05) is 19.0 Å². The molecule has 2 nitrogen and oxygen atoms in total. The number of amidine groups is 1. The second-order valence-corrected chi connectivity index (χ2v) is 4.18. The Labute approximate surface area is 69.1 Å². The van der Waals surface area contributed by atoms with Crippen molar-refractivity contribution in [3.63, 3.8) is 0 Å². The third-order valence-electron chi connectivity index (χ3n) is 3.12. The molecule has 1 saturated heterocycles. The summed E-state index contributed by atoms with van der Waals surface area (Å²) in [6.45, 7) is 7.61. The van der Waals surface area contributed by atoms with Gasteiger partial charge in [0.15, 0.2) is 0 Å². The molecular weight excluding hydrogens is 136 g/mol. The van der Waals surface area contributed by atoms with Crippen LogP contribution >= 0.6 is 0 Å². The van der Waals surface area contributed by atoms with Gasteiger partial charge in [0.1, 0.15) is 5.84 Å². The number of rotatable bonds is 0. The minimum absolute atomic E-state index is 0.0764. The van der Waals surface area contributed by atoms with Crippen LogP contribution in [0.15, 0.2) is 0 Å². The van der Waals surface area contributed by atoms with Crippen LogP contribution in [0.4, 0.5) is 0 Å². The van der Waals surface area contributed by atoms with Crippen LogP contribution in [0.1, 0.15) is 27.2 Å². The van der Waals surface area contributed by atoms with Crippen molar-refractivity contribution in [2.75, 3.05) is 13.6 Å². The zero-order valence-electron chi connectivity index (χ0n) is 7.94. The van der Waals surface area contributed by atoms with Crippen molar-refractivity contribution < 1.29 is 0 Å². The summed E-state index contributed by atoms with van der Waals surface area (Å²) in [6.07, 6.45) is 1.21. The maximum absolute atomic E-state index is 7.85. The molecule has 11 heavy (non-hydrogen) atoms. The van der Waals surface area contributed by atoms with Gasteiger partial charge in [-0.1, -0.05) is 20.8 Å². The number of likely N-dealkylation sites (tertiary alicyclic amines) is 1. The van der Waals surface area contributed by atoms with Crippen LogP contribution in [-0.4, -0.2) is 24.3 Å². The molecule has 1 aliphatic heterocycles. The summed E-state index contributed by atoms with van der Waals surface area (Å²) in [6, 6.07) is 0. The Bertz CT molecular complexity index is 172. The molecule has 1 unspecified atom stereocenters. The van der Waals surface area contributed by atoms with Crippen molar-refractivity contribution in [2.24, 2.45) is 11.3 Å². The number of nitrogens with one attached hydrogen (secondary N) is 1. The van der Waals surface area contributed by atoms with Crippen LogP contribution < -0.4 is 0 Å². The molecule has 0 radical (unpaired) electrons. The Morgan fingerprint density at radius 1 is 1.55 bits per heavy atom. The fourth-order valence-electron chi connectivity index (χ4n) is 1.59. The molecule has 64 valence electrons. The second-order valence-electron chi connectivity index (χ2n) is 4.18. The smallest absolute Gasteiger partial charge is 0.102 e. The number of hydrogen-bond acceptors (Lipinski definition) is 1. The lowest BCUT2D eigenvalue weighted by Crippen LogP contribution is -2.47. The van der Waals surface area contributed by atoms with Gasteiger partial charge in [0.2, 0.25) is 0 Å². The molecule has 0 spiro atoms. The minimum Gasteiger partial charge on any atom is -0.363 e. The predicted octanol–water partition coefficient (Wildman–Crippen LogP) is 1.96. The molecule has 1 heterocycles. The predicted molar refractivity (Wildman–Crippen MR) is 47.9 cm³/mol. The number of piperidine rings is 1. The molecule has 0 aliphatic carbocycles. The van der Waals surface area contributed by atoms with E-state index in [-0.39, 0.29) is 5.41 Å². The highest BCUT2D eigenvalue weighted by Crippen LogP contribution is 2.34. The van der Waals surface area contributed by atoms with Crippen molar-refractivity contribution >= 4 is 5.84 Å². The van der Waals surface area contributed by atoms with Gasteiger partial charge < -0.3 is 4.90 Å². The molecule has 0 bridgehead atoms. The molecule has 1 fully saturated rings. The van der Waals surface area contributed by atoms with E-state index in [4.69, 9.17) is 5.41 Å². The first-order valence-electron chi connectivity index (χ1n) is 4.26. The first-order valence-corrected chi connectivity index (χ1v) is 4.26. The molecule has 2 heteroatoms. The standard InChI is InChI=1S/C9H18N2/c1-7-5-6-11(4)8(10)9(7,2)3/h7,10H,5-6H2,1-4H3. The van der Waals surface area contributed by atoms with Gasteiger partial charge >= 0.3 is 0 Å². The average Bonchev–Trinajstić information content (AvgIpc) is 1.95. The topological polar surface area (TPSA) is 27.1 Å². The lowest BCUT2D eigenvalue weighted by molar-refractivity contribution is 0.220. The molecule has 0 saturated carbocycles. The highest BCUT2D eigenvalue weighted by Gasteiger charge is 2.36. The minimum atomic E-state index is 0.0764. The van der Waals surface area contributed by atoms with Crippen molar-refractivity contribution in [3.05, 3.63) is 0 Å². The van der Waals surface area contributed by atoms with Crippen molar-refractivity contribution in [2.45, 2.75) is 27.2 Å². The Hall–Kier alpha value is -0.530. The fraction of sp³-hybridized carbons (Fsp3) is 0.889. The van der Waals surface area contributed by atoms with Gasteiger partial charge in [0.25, 0.3) is 0 Å². The van der Waals surface area contributed by atoms with E-state index >= 15 is 0 Å². The third kappa shape index (κ3) is 1.26. The van der Waals surface area contributed by atoms with E-state index in [1.807, 2.05) is 7.05 Å². The molecule has 0 amide bonds. The summed E-state index contributed by atoms with van der Waals surface area (Å²) in [5, 5.41) is 7.85. The van der Waals surface area contributed by atoms with Crippen LogP contribution in [0.5, 0.6) is 0 Å². The van der Waals surface area contributed by atoms with Gasteiger partial charge in [-0.3, -0.25) is 5.41 Å². The van der Waals surface area contributed by atoms with Crippen LogP contribution in [-0.2, 0) is 0 Å². The summed E-state index contributed by atoms with van der Waals surface area (Å²) >= 11 is 0. The second kappa shape index (κ2) is 2.50. The Morgan fingerprint density at radius 2 is 2.09 bits per heavy atom. The van der Waals surface area contributed by atoms with E-state index < -0.39 is 0 Å². The summed E-state index contributed by atoms with van der Waals surface area (Å²) in [5.74, 6) is 1.43. The van der Waals surface area contributed by atoms with Crippen molar-refractivity contribution in [3.8, 4) is 0 Å². The zero-order chi connectivity index (χ0) is 8.65. The number of hydrogen-bond donors (Lipinski definition) is 1. The SMILES string of the molecule is CC1CCN(C)C(=N)C1(C)C. The molecular formula is C9H18N2. The Balaban J connectivity index is 2.81. The van der Waals surface area contributed by atoms with Crippen LogP contribution in [0.2, 0.25) is 0 Å². The van der Waals surface area contributed by atoms with Gasteiger partial charge in [-0.2, -0.15) is 0 Å². The van der Waals surface area contributed by atoms with E-state index in [1.165, 1.54) is 6.42 Å². The molecule has 0 aromatic rings. The summed E-state index contributed by atoms with van der Waals surface area (Å²) in [4.78, 5) is 2.06. The average molecular weight is 154 g/mol. The third-order valence-corrected chi connectivity index (χ3v) is 3.12. The van der Waals surface area contributed by atoms with Gasteiger partial charge in [-0.15, -0.1) is 0 Å². The molecule has 1 rings (SSSR count). The lowest BCUT2D eigenvalue weighted by atomic mass is 9.74. The number of nitrogens with zero attached hydrogens (tertiary/aromatic N) is 1. The van der Waals surface area contributed by atoms with E-state index in [0.29, 0.717) is 5.92 Å². The van der Waals surface area contributed by atoms with Crippen LogP contribution in [0.25, 0.3) is 0 Å². The Morgan fingerprint density at radius 3 is 2.55 bits per heavy atom. The van der Waals surface area contributed by atoms with Crippen molar-refractivity contribution in [1.29, 1.82) is 5.41 Å². The van der Waals surface area contributed by atoms with Crippen molar-refractivity contribution in [1.82, 2.24) is 4.90 Å². The maximum atomic E-state index is 7.85. The summed E-state index contributed by atoms with van der Waals surface area (Å²) in [5.41, 5.74) is 0.0764. The maximum Gasteiger partial charge on any atom is 0.102 e. The molecule has 0 aromatic carbocycles. The van der Waals surface area contributed by atoms with E-state index in [0.717, 1.165) is 12.4 Å². The van der Waals surface area contributed by atoms with Crippen LogP contribution in [0.3, 0.4) is 0 Å². The highest BCUT2D eigenvalue weighted by molar-refractivity contribution is 5.85. The zero-order valence-corrected chi connectivity index (χ0v) is 7.94. The van der Waals surface area contributed by atoms with E-state index in [9.17, 15) is 0 Å². The van der Waals surface area contributed by atoms with E-state index in [2.05, 4.69) is 25.7 Å². The van der Waals surface area contributed by atoms with Gasteiger partial charge in [-0.25, -0.2) is 0 Å². The molecule has 1 aliphatic rings. The molecule has 1 atom stereocenters. The van der Waals surface area contributed by atoms with E-state index in [1.54, 1.807) is 0 Å². The lowest BCUT2D eigenvalue weighted by Gasteiger charge is -2.42. The molecule has 1 N–H and O–H groups in total. The fourth-order valence-corrected chi connectivity index (χ4v) is 1.59. The highest BCUT2D eigenvalue weighted by atomic mass is 15.2. The largest absolute Gasteiger partial charge is 0.363 e. The first kappa shape index (κ1) is 8.57. The van der Waals surface area contributed by atoms with Gasteiger partial charge in [-0.05, 0) is 12.3 Å². The normalized spacial score (nSPS) is 30.7. The summed E-state index contributed by atoms with van der Waals surface area (Å²) in [7, 11) is 2.01. The Kier molecular flexibility index (Phi) is 1.95.